The van der Waals surface area contributed by atoms with Gasteiger partial charge in [0.15, 0.2) is 0 Å². The molecule has 0 radical (unpaired) electrons. The highest BCUT2D eigenvalue weighted by molar-refractivity contribution is 5.16. The lowest BCUT2D eigenvalue weighted by molar-refractivity contribution is 0.0338. The Morgan fingerprint density at radius 3 is 2.90 bits per heavy atom. The molecule has 1 saturated carbocycles. The molecule has 1 aliphatic carbocycles. The number of nitrogens with one attached hydrogen (secondary N) is 1. The van der Waals surface area contributed by atoms with E-state index in [1.807, 2.05) is 12.1 Å². The minimum absolute atomic E-state index is 0.358. The molecule has 1 aromatic heterocycles. The van der Waals surface area contributed by atoms with Crippen LogP contribution in [0.15, 0.2) is 18.2 Å². The number of aromatic nitrogens is 1. The molecule has 1 unspecified atom stereocenters. The van der Waals surface area contributed by atoms with Gasteiger partial charge in [-0.15, -0.1) is 0 Å². The SMILES string of the molecule is CCC1CN(Cc2cccc(OC)n2)C2(CCCC2)CN1. The Bertz CT molecular complexity index is 471. The van der Waals surface area contributed by atoms with Crippen molar-refractivity contribution in [2.45, 2.75) is 57.2 Å². The van der Waals surface area contributed by atoms with Crippen molar-refractivity contribution >= 4 is 0 Å². The lowest BCUT2D eigenvalue weighted by Crippen LogP contribution is -2.63. The Hall–Kier alpha value is -1.13. The molecule has 116 valence electrons. The van der Waals surface area contributed by atoms with Crippen LogP contribution in [0, 0.1) is 0 Å². The summed E-state index contributed by atoms with van der Waals surface area (Å²) in [5.41, 5.74) is 1.48. The number of rotatable bonds is 4. The van der Waals surface area contributed by atoms with Gasteiger partial charge in [0, 0.05) is 37.3 Å². The summed E-state index contributed by atoms with van der Waals surface area (Å²) in [7, 11) is 1.68. The highest BCUT2D eigenvalue weighted by Crippen LogP contribution is 2.37. The number of hydrogen-bond acceptors (Lipinski definition) is 4. The van der Waals surface area contributed by atoms with Crippen LogP contribution in [0.25, 0.3) is 0 Å². The predicted molar refractivity (Wildman–Crippen MR) is 84.5 cm³/mol. The lowest BCUT2D eigenvalue weighted by atomic mass is 9.90. The first kappa shape index (κ1) is 14.8. The Labute approximate surface area is 127 Å². The summed E-state index contributed by atoms with van der Waals surface area (Å²) < 4.78 is 5.26. The lowest BCUT2D eigenvalue weighted by Gasteiger charge is -2.48. The van der Waals surface area contributed by atoms with E-state index in [0.29, 0.717) is 11.6 Å². The molecule has 2 fully saturated rings. The summed E-state index contributed by atoms with van der Waals surface area (Å²) in [6.07, 6.45) is 6.56. The van der Waals surface area contributed by atoms with Crippen molar-refractivity contribution in [3.63, 3.8) is 0 Å². The Balaban J connectivity index is 1.78. The number of ether oxygens (including phenoxy) is 1. The van der Waals surface area contributed by atoms with Crippen molar-refractivity contribution in [3.8, 4) is 5.88 Å². The van der Waals surface area contributed by atoms with Gasteiger partial charge in [-0.2, -0.15) is 0 Å². The fraction of sp³-hybridized carbons (Fsp3) is 0.706. The molecule has 1 aromatic rings. The van der Waals surface area contributed by atoms with E-state index in [0.717, 1.165) is 31.2 Å². The zero-order valence-electron chi connectivity index (χ0n) is 13.3. The second-order valence-corrected chi connectivity index (χ2v) is 6.47. The van der Waals surface area contributed by atoms with Gasteiger partial charge in [0.05, 0.1) is 12.8 Å². The molecule has 1 aliphatic heterocycles. The molecule has 4 nitrogen and oxygen atoms in total. The van der Waals surface area contributed by atoms with Crippen LogP contribution >= 0.6 is 0 Å². The van der Waals surface area contributed by atoms with Crippen molar-refractivity contribution in [2.75, 3.05) is 20.2 Å². The van der Waals surface area contributed by atoms with Crippen LogP contribution in [-0.4, -0.2) is 41.7 Å². The van der Waals surface area contributed by atoms with Crippen LogP contribution in [0.5, 0.6) is 5.88 Å². The van der Waals surface area contributed by atoms with E-state index >= 15 is 0 Å². The zero-order chi connectivity index (χ0) is 14.7. The highest BCUT2D eigenvalue weighted by atomic mass is 16.5. The van der Waals surface area contributed by atoms with Gasteiger partial charge < -0.3 is 10.1 Å². The van der Waals surface area contributed by atoms with E-state index in [1.165, 1.54) is 32.1 Å². The van der Waals surface area contributed by atoms with Gasteiger partial charge in [-0.1, -0.05) is 25.8 Å². The molecule has 21 heavy (non-hydrogen) atoms. The average Bonchev–Trinajstić information content (AvgIpc) is 2.99. The van der Waals surface area contributed by atoms with E-state index in [1.54, 1.807) is 7.11 Å². The van der Waals surface area contributed by atoms with Gasteiger partial charge in [-0.05, 0) is 25.3 Å². The number of hydrogen-bond donors (Lipinski definition) is 1. The largest absolute Gasteiger partial charge is 0.481 e. The van der Waals surface area contributed by atoms with Crippen molar-refractivity contribution in [1.82, 2.24) is 15.2 Å². The summed E-state index contributed by atoms with van der Waals surface area (Å²) in [5.74, 6) is 0.718. The minimum atomic E-state index is 0.358. The fourth-order valence-electron chi connectivity index (χ4n) is 3.86. The van der Waals surface area contributed by atoms with Crippen molar-refractivity contribution < 1.29 is 4.74 Å². The minimum Gasteiger partial charge on any atom is -0.481 e. The average molecular weight is 289 g/mol. The smallest absolute Gasteiger partial charge is 0.213 e. The Morgan fingerprint density at radius 2 is 2.19 bits per heavy atom. The van der Waals surface area contributed by atoms with Crippen LogP contribution in [0.1, 0.15) is 44.7 Å². The van der Waals surface area contributed by atoms with Crippen molar-refractivity contribution in [2.24, 2.45) is 0 Å². The van der Waals surface area contributed by atoms with Crippen molar-refractivity contribution in [3.05, 3.63) is 23.9 Å². The first-order valence-corrected chi connectivity index (χ1v) is 8.24. The number of piperazine rings is 1. The fourth-order valence-corrected chi connectivity index (χ4v) is 3.86. The topological polar surface area (TPSA) is 37.4 Å². The summed E-state index contributed by atoms with van der Waals surface area (Å²) in [5, 5.41) is 3.75. The first-order chi connectivity index (χ1) is 10.3. The molecular formula is C17H27N3O. The van der Waals surface area contributed by atoms with Gasteiger partial charge in [0.2, 0.25) is 5.88 Å². The molecule has 2 heterocycles. The van der Waals surface area contributed by atoms with Crippen LogP contribution in [0.3, 0.4) is 0 Å². The molecule has 1 atom stereocenters. The molecule has 0 amide bonds. The van der Waals surface area contributed by atoms with Gasteiger partial charge >= 0.3 is 0 Å². The second-order valence-electron chi connectivity index (χ2n) is 6.47. The maximum absolute atomic E-state index is 5.26. The number of nitrogens with zero attached hydrogens (tertiary/aromatic N) is 2. The molecule has 4 heteroatoms. The van der Waals surface area contributed by atoms with Gasteiger partial charge in [-0.3, -0.25) is 4.90 Å². The van der Waals surface area contributed by atoms with Crippen molar-refractivity contribution in [1.29, 1.82) is 0 Å². The summed E-state index contributed by atoms with van der Waals surface area (Å²) in [6, 6.07) is 6.69. The zero-order valence-corrected chi connectivity index (χ0v) is 13.3. The van der Waals surface area contributed by atoms with Gasteiger partial charge in [0.25, 0.3) is 0 Å². The maximum atomic E-state index is 5.26. The van der Waals surface area contributed by atoms with E-state index in [2.05, 4.69) is 28.2 Å². The molecule has 1 spiro atoms. The normalized spacial score (nSPS) is 25.3. The Morgan fingerprint density at radius 1 is 1.38 bits per heavy atom. The molecule has 0 bridgehead atoms. The maximum Gasteiger partial charge on any atom is 0.213 e. The number of pyridine rings is 1. The summed E-state index contributed by atoms with van der Waals surface area (Å²) in [4.78, 5) is 7.29. The Kier molecular flexibility index (Phi) is 4.45. The van der Waals surface area contributed by atoms with Gasteiger partial charge in [0.1, 0.15) is 0 Å². The van der Waals surface area contributed by atoms with E-state index in [9.17, 15) is 0 Å². The molecule has 0 aromatic carbocycles. The van der Waals surface area contributed by atoms with Crippen LogP contribution in [0.4, 0.5) is 0 Å². The third-order valence-electron chi connectivity index (χ3n) is 5.20. The standard InChI is InChI=1S/C17H27N3O/c1-3-14-11-20(17(13-18-14)9-4-5-10-17)12-15-7-6-8-16(19-15)21-2/h6-8,14,18H,3-5,9-13H2,1-2H3. The van der Waals surface area contributed by atoms with E-state index < -0.39 is 0 Å². The monoisotopic (exact) mass is 289 g/mol. The third kappa shape index (κ3) is 3.06. The van der Waals surface area contributed by atoms with Crippen LogP contribution < -0.4 is 10.1 Å². The molecule has 1 N–H and O–H groups in total. The summed E-state index contributed by atoms with van der Waals surface area (Å²) >= 11 is 0. The van der Waals surface area contributed by atoms with Gasteiger partial charge in [-0.25, -0.2) is 4.98 Å². The summed E-state index contributed by atoms with van der Waals surface area (Å²) in [6.45, 7) is 5.48. The predicted octanol–water partition coefficient (Wildman–Crippen LogP) is 2.59. The molecule has 1 saturated heterocycles. The second kappa shape index (κ2) is 6.32. The highest BCUT2D eigenvalue weighted by Gasteiger charge is 2.43. The third-order valence-corrected chi connectivity index (χ3v) is 5.20. The van der Waals surface area contributed by atoms with Crippen LogP contribution in [0.2, 0.25) is 0 Å². The quantitative estimate of drug-likeness (QED) is 0.924. The van der Waals surface area contributed by atoms with E-state index in [4.69, 9.17) is 4.74 Å². The number of methoxy groups -OCH3 is 1. The van der Waals surface area contributed by atoms with Crippen LogP contribution in [-0.2, 0) is 6.54 Å². The first-order valence-electron chi connectivity index (χ1n) is 8.24. The molecule has 2 aliphatic rings. The molecule has 3 rings (SSSR count). The van der Waals surface area contributed by atoms with E-state index in [-0.39, 0.29) is 0 Å². The molecular weight excluding hydrogens is 262 g/mol.